The fourth-order valence-corrected chi connectivity index (χ4v) is 4.40. The highest BCUT2D eigenvalue weighted by molar-refractivity contribution is 6.42. The van der Waals surface area contributed by atoms with Gasteiger partial charge >= 0.3 is 11.9 Å². The number of quaternary nitrogens is 1. The van der Waals surface area contributed by atoms with Gasteiger partial charge in [-0.25, -0.2) is 9.59 Å². The molecule has 2 aromatic rings. The minimum absolute atomic E-state index is 0.0112. The molecule has 9 heteroatoms. The fourth-order valence-electron chi connectivity index (χ4n) is 4.10. The normalized spacial score (nSPS) is 23.1. The van der Waals surface area contributed by atoms with Crippen molar-refractivity contribution in [2.24, 2.45) is 5.92 Å². The summed E-state index contributed by atoms with van der Waals surface area (Å²) in [5, 5.41) is 17.7. The number of anilines is 1. The Morgan fingerprint density at radius 3 is 2.31 bits per heavy atom. The number of nitrogens with one attached hydrogen (secondary N) is 2. The number of halogens is 2. The Hall–Kier alpha value is -2.61. The summed E-state index contributed by atoms with van der Waals surface area (Å²) < 4.78 is -0.132. The molecule has 0 saturated carbocycles. The molecule has 0 bridgehead atoms. The molecule has 7 nitrogen and oxygen atoms in total. The van der Waals surface area contributed by atoms with Gasteiger partial charge in [0.2, 0.25) is 0 Å². The molecular weight excluding hydrogens is 453 g/mol. The summed E-state index contributed by atoms with van der Waals surface area (Å²) in [4.78, 5) is 38.3. The molecule has 1 aliphatic heterocycles. The molecule has 32 heavy (non-hydrogen) atoms. The molecule has 3 atom stereocenters. The number of hydrogen-bond donors (Lipinski definition) is 2. The van der Waals surface area contributed by atoms with Gasteiger partial charge < -0.3 is 20.5 Å². The zero-order chi connectivity index (χ0) is 23.7. The van der Waals surface area contributed by atoms with Gasteiger partial charge in [-0.1, -0.05) is 53.5 Å². The molecule has 3 amide bonds. The molecule has 1 unspecified atom stereocenters. The Morgan fingerprint density at radius 1 is 1.09 bits per heavy atom. The van der Waals surface area contributed by atoms with Crippen LogP contribution in [0.4, 0.5) is 10.5 Å². The summed E-state index contributed by atoms with van der Waals surface area (Å²) in [7, 11) is 0. The number of carbonyl (C=O) groups excluding carboxylic acids is 3. The minimum atomic E-state index is -1.38. The van der Waals surface area contributed by atoms with Crippen molar-refractivity contribution in [3.05, 3.63) is 64.1 Å². The summed E-state index contributed by atoms with van der Waals surface area (Å²) in [5.74, 6) is -2.93. The van der Waals surface area contributed by atoms with Crippen molar-refractivity contribution in [3.8, 4) is 0 Å². The Balaban J connectivity index is 1.89. The van der Waals surface area contributed by atoms with E-state index in [0.29, 0.717) is 17.3 Å². The molecule has 2 aromatic carbocycles. The number of urea groups is 1. The van der Waals surface area contributed by atoms with Crippen LogP contribution in [0.15, 0.2) is 48.5 Å². The van der Waals surface area contributed by atoms with Gasteiger partial charge in [0.25, 0.3) is 0 Å². The lowest BCUT2D eigenvalue weighted by atomic mass is 9.99. The molecule has 1 aliphatic rings. The quantitative estimate of drug-likeness (QED) is 0.645. The zero-order valence-corrected chi connectivity index (χ0v) is 19.5. The number of aliphatic carboxylic acids is 1. The van der Waals surface area contributed by atoms with E-state index in [1.165, 1.54) is 12.1 Å². The van der Waals surface area contributed by atoms with E-state index in [-0.39, 0.29) is 22.0 Å². The van der Waals surface area contributed by atoms with E-state index in [1.807, 2.05) is 51.1 Å². The summed E-state index contributed by atoms with van der Waals surface area (Å²) in [5.41, 5.74) is 0.638. The Morgan fingerprint density at radius 2 is 1.75 bits per heavy atom. The number of likely N-dealkylation sites (tertiary alicyclic amines) is 1. The Kier molecular flexibility index (Phi) is 6.83. The largest absolute Gasteiger partial charge is 0.550 e. The maximum absolute atomic E-state index is 13.7. The molecule has 170 valence electrons. The third kappa shape index (κ3) is 4.75. The van der Waals surface area contributed by atoms with Crippen LogP contribution in [-0.2, 0) is 16.1 Å². The van der Waals surface area contributed by atoms with Gasteiger partial charge in [-0.05, 0) is 39.0 Å². The predicted octanol–water partition coefficient (Wildman–Crippen LogP) is 3.21. The topological polar surface area (TPSA) is 98.3 Å². The van der Waals surface area contributed by atoms with E-state index in [4.69, 9.17) is 23.2 Å². The molecule has 1 fully saturated rings. The second kappa shape index (κ2) is 9.10. The average Bonchev–Trinajstić information content (AvgIpc) is 2.99. The average molecular weight is 478 g/mol. The number of hydrogen-bond acceptors (Lipinski definition) is 4. The molecule has 2 N–H and O–H groups in total. The van der Waals surface area contributed by atoms with Crippen molar-refractivity contribution in [1.29, 1.82) is 0 Å². The predicted molar refractivity (Wildman–Crippen MR) is 121 cm³/mol. The number of nitrogens with zero attached hydrogens (tertiary/aromatic N) is 1. The van der Waals surface area contributed by atoms with Crippen LogP contribution in [0.5, 0.6) is 0 Å². The van der Waals surface area contributed by atoms with Crippen LogP contribution in [0.2, 0.25) is 10.0 Å². The van der Waals surface area contributed by atoms with Gasteiger partial charge in [-0.15, -0.1) is 0 Å². The highest BCUT2D eigenvalue weighted by atomic mass is 35.5. The molecule has 3 rings (SSSR count). The van der Waals surface area contributed by atoms with Crippen molar-refractivity contribution >= 4 is 46.8 Å². The number of carboxylic acid groups (broad SMARTS) is 1. The number of amides is 3. The Bertz CT molecular complexity index is 1040. The van der Waals surface area contributed by atoms with Gasteiger partial charge in [0.1, 0.15) is 6.54 Å². The van der Waals surface area contributed by atoms with Crippen molar-refractivity contribution in [3.63, 3.8) is 0 Å². The van der Waals surface area contributed by atoms with Gasteiger partial charge in [-0.3, -0.25) is 4.48 Å². The smallest absolute Gasteiger partial charge is 0.337 e. The molecule has 1 saturated heterocycles. The van der Waals surface area contributed by atoms with Crippen molar-refractivity contribution in [2.75, 3.05) is 11.9 Å². The van der Waals surface area contributed by atoms with Crippen LogP contribution in [0, 0.1) is 5.92 Å². The molecule has 1 heterocycles. The van der Waals surface area contributed by atoms with Gasteiger partial charge in [0.05, 0.1) is 34.0 Å². The number of rotatable bonds is 5. The number of carboxylic acids is 1. The first-order valence-electron chi connectivity index (χ1n) is 10.1. The van der Waals surface area contributed by atoms with E-state index in [1.54, 1.807) is 6.07 Å². The lowest BCUT2D eigenvalue weighted by Gasteiger charge is -2.43. The highest BCUT2D eigenvalue weighted by Gasteiger charge is 2.60. The van der Waals surface area contributed by atoms with Gasteiger partial charge in [-0.2, -0.15) is 0 Å². The van der Waals surface area contributed by atoms with Gasteiger partial charge in [0, 0.05) is 11.3 Å². The van der Waals surface area contributed by atoms with Crippen molar-refractivity contribution in [2.45, 2.75) is 38.9 Å². The van der Waals surface area contributed by atoms with Crippen LogP contribution < -0.4 is 15.7 Å². The lowest BCUT2D eigenvalue weighted by molar-refractivity contribution is -0.907. The molecular formula is C23H25Cl2N3O4. The third-order valence-electron chi connectivity index (χ3n) is 5.94. The molecule has 0 aromatic heterocycles. The first-order valence-corrected chi connectivity index (χ1v) is 10.9. The van der Waals surface area contributed by atoms with Crippen LogP contribution in [0.3, 0.4) is 0 Å². The second-order valence-electron chi connectivity index (χ2n) is 8.93. The summed E-state index contributed by atoms with van der Waals surface area (Å²) >= 11 is 11.9. The van der Waals surface area contributed by atoms with Crippen LogP contribution >= 0.6 is 23.2 Å². The van der Waals surface area contributed by atoms with E-state index < -0.39 is 29.5 Å². The van der Waals surface area contributed by atoms with Crippen LogP contribution in [0.25, 0.3) is 0 Å². The first-order chi connectivity index (χ1) is 14.9. The summed E-state index contributed by atoms with van der Waals surface area (Å²) in [6.07, 6.45) is 0. The maximum Gasteiger partial charge on any atom is 0.337 e. The molecule has 0 spiro atoms. The summed E-state index contributed by atoms with van der Waals surface area (Å²) in [6.45, 7) is 5.98. The highest BCUT2D eigenvalue weighted by Crippen LogP contribution is 2.38. The van der Waals surface area contributed by atoms with Crippen molar-refractivity contribution < 1.29 is 24.0 Å². The molecule has 0 radical (unpaired) electrons. The number of carbonyl (C=O) groups is 3. The lowest BCUT2D eigenvalue weighted by Crippen LogP contribution is -2.62. The minimum Gasteiger partial charge on any atom is -0.550 e. The van der Waals surface area contributed by atoms with Crippen LogP contribution in [-0.4, -0.2) is 40.5 Å². The second-order valence-corrected chi connectivity index (χ2v) is 9.75. The van der Waals surface area contributed by atoms with E-state index in [9.17, 15) is 19.5 Å². The van der Waals surface area contributed by atoms with Gasteiger partial charge in [0.15, 0.2) is 6.04 Å². The number of benzene rings is 2. The SMILES string of the molecule is CC(C)(C)[N+]1(Cc2ccccc2)C[C@H](C(=O)[O-])[C@H](NC(=O)Nc2ccc(Cl)c(Cl)c2)C1=O. The standard InChI is InChI=1S/C23H25Cl2N3O4/c1-23(2,3)28(12-14-7-5-4-6-8-14)13-16(21(30)31)19(20(28)29)27-22(32)26-15-9-10-17(24)18(25)11-15/h4-11,16,19H,12-13H2,1-3H3,(H2-,26,27,30,31,32)/t16-,19-,28?/m0/s1. The van der Waals surface area contributed by atoms with E-state index >= 15 is 0 Å². The molecule has 0 aliphatic carbocycles. The van der Waals surface area contributed by atoms with E-state index in [0.717, 1.165) is 5.56 Å². The maximum atomic E-state index is 13.7. The third-order valence-corrected chi connectivity index (χ3v) is 6.68. The monoisotopic (exact) mass is 477 g/mol. The van der Waals surface area contributed by atoms with Crippen molar-refractivity contribution in [1.82, 2.24) is 5.32 Å². The summed E-state index contributed by atoms with van der Waals surface area (Å²) in [6, 6.07) is 12.0. The Labute approximate surface area is 196 Å². The fraction of sp³-hybridized carbons (Fsp3) is 0.348. The van der Waals surface area contributed by atoms with E-state index in [2.05, 4.69) is 10.6 Å². The zero-order valence-electron chi connectivity index (χ0n) is 18.0. The first kappa shape index (κ1) is 24.0. The van der Waals surface area contributed by atoms with Crippen LogP contribution in [0.1, 0.15) is 26.3 Å².